The maximum Gasteiger partial charge on any atom is 0.347 e. The summed E-state index contributed by atoms with van der Waals surface area (Å²) in [5.74, 6) is -0.541. The zero-order valence-corrected chi connectivity index (χ0v) is 12.1. The largest absolute Gasteiger partial charge is 0.485 e. The summed E-state index contributed by atoms with van der Waals surface area (Å²) in [5.41, 5.74) is 0.480. The first-order valence-corrected chi connectivity index (χ1v) is 6.82. The van der Waals surface area contributed by atoms with E-state index in [9.17, 15) is 4.79 Å². The molecule has 0 aliphatic rings. The standard InChI is InChI=1S/C12H9Cl2NO3S/c1-6-11(12(16)17)19-10(15-6)5-18-9-4-7(13)2-3-8(9)14/h2-4H,5H2,1H3,(H,16,17). The molecule has 1 aromatic heterocycles. The third-order valence-corrected chi connectivity index (χ3v) is 3.95. The van der Waals surface area contributed by atoms with E-state index in [2.05, 4.69) is 4.98 Å². The summed E-state index contributed by atoms with van der Waals surface area (Å²) < 4.78 is 5.49. The molecule has 0 saturated carbocycles. The molecule has 0 atom stereocenters. The SMILES string of the molecule is Cc1nc(COc2cc(Cl)ccc2Cl)sc1C(=O)O. The van der Waals surface area contributed by atoms with E-state index in [1.54, 1.807) is 25.1 Å². The Morgan fingerprint density at radius 2 is 2.21 bits per heavy atom. The second-order valence-corrected chi connectivity index (χ2v) is 5.62. The van der Waals surface area contributed by atoms with Crippen molar-refractivity contribution in [3.63, 3.8) is 0 Å². The maximum absolute atomic E-state index is 10.9. The van der Waals surface area contributed by atoms with Crippen LogP contribution in [0.1, 0.15) is 20.4 Å². The molecule has 0 saturated heterocycles. The van der Waals surface area contributed by atoms with Crippen LogP contribution in [-0.4, -0.2) is 16.1 Å². The summed E-state index contributed by atoms with van der Waals surface area (Å²) in [5, 5.41) is 10.5. The van der Waals surface area contributed by atoms with Crippen LogP contribution in [0.4, 0.5) is 0 Å². The predicted molar refractivity (Wildman–Crippen MR) is 74.6 cm³/mol. The molecule has 2 rings (SSSR count). The number of benzene rings is 1. The molecule has 1 aromatic carbocycles. The molecule has 0 fully saturated rings. The number of hydrogen-bond acceptors (Lipinski definition) is 4. The summed E-state index contributed by atoms with van der Waals surface area (Å²) in [4.78, 5) is 15.3. The molecule has 0 aliphatic carbocycles. The molecule has 0 aliphatic heterocycles. The summed E-state index contributed by atoms with van der Waals surface area (Å²) in [6.45, 7) is 1.80. The Balaban J connectivity index is 2.12. The van der Waals surface area contributed by atoms with Crippen LogP contribution in [-0.2, 0) is 6.61 Å². The number of carboxylic acid groups (broad SMARTS) is 1. The molecule has 100 valence electrons. The number of rotatable bonds is 4. The van der Waals surface area contributed by atoms with Crippen LogP contribution in [0.5, 0.6) is 5.75 Å². The first-order chi connectivity index (χ1) is 8.97. The van der Waals surface area contributed by atoms with E-state index in [4.69, 9.17) is 33.0 Å². The number of carboxylic acids is 1. The molecular formula is C12H9Cl2NO3S. The lowest BCUT2D eigenvalue weighted by molar-refractivity contribution is 0.0701. The molecule has 2 aromatic rings. The molecular weight excluding hydrogens is 309 g/mol. The van der Waals surface area contributed by atoms with Gasteiger partial charge in [0, 0.05) is 11.1 Å². The van der Waals surface area contributed by atoms with Crippen molar-refractivity contribution in [3.05, 3.63) is 43.8 Å². The van der Waals surface area contributed by atoms with Gasteiger partial charge in [0.1, 0.15) is 22.2 Å². The van der Waals surface area contributed by atoms with Gasteiger partial charge in [-0.05, 0) is 19.1 Å². The lowest BCUT2D eigenvalue weighted by Gasteiger charge is -2.06. The zero-order valence-electron chi connectivity index (χ0n) is 9.81. The van der Waals surface area contributed by atoms with Crippen LogP contribution in [0, 0.1) is 6.92 Å². The number of hydrogen-bond donors (Lipinski definition) is 1. The number of thiazole rings is 1. The van der Waals surface area contributed by atoms with Crippen molar-refractivity contribution in [3.8, 4) is 5.75 Å². The highest BCUT2D eigenvalue weighted by Crippen LogP contribution is 2.29. The fourth-order valence-corrected chi connectivity index (χ4v) is 2.59. The Hall–Kier alpha value is -1.30. The lowest BCUT2D eigenvalue weighted by atomic mass is 10.3. The molecule has 1 N–H and O–H groups in total. The minimum absolute atomic E-state index is 0.152. The molecule has 4 nitrogen and oxygen atoms in total. The number of aromatic nitrogens is 1. The first kappa shape index (κ1) is 14.1. The number of carbonyl (C=O) groups is 1. The van der Waals surface area contributed by atoms with Crippen molar-refractivity contribution in [2.45, 2.75) is 13.5 Å². The van der Waals surface area contributed by atoms with E-state index in [-0.39, 0.29) is 11.5 Å². The van der Waals surface area contributed by atoms with Gasteiger partial charge in [-0.1, -0.05) is 23.2 Å². The number of aromatic carboxylic acids is 1. The van der Waals surface area contributed by atoms with E-state index in [0.29, 0.717) is 26.5 Å². The van der Waals surface area contributed by atoms with Crippen LogP contribution in [0.25, 0.3) is 0 Å². The van der Waals surface area contributed by atoms with Gasteiger partial charge in [0.05, 0.1) is 10.7 Å². The van der Waals surface area contributed by atoms with Gasteiger partial charge in [0.15, 0.2) is 0 Å². The van der Waals surface area contributed by atoms with Crippen molar-refractivity contribution in [2.75, 3.05) is 0 Å². The fourth-order valence-electron chi connectivity index (χ4n) is 1.44. The lowest BCUT2D eigenvalue weighted by Crippen LogP contribution is -1.95. The first-order valence-electron chi connectivity index (χ1n) is 5.25. The Labute approximate surface area is 123 Å². The van der Waals surface area contributed by atoms with Gasteiger partial charge in [0.25, 0.3) is 0 Å². The topological polar surface area (TPSA) is 59.4 Å². The quantitative estimate of drug-likeness (QED) is 0.924. The maximum atomic E-state index is 10.9. The van der Waals surface area contributed by atoms with Crippen LogP contribution >= 0.6 is 34.5 Å². The van der Waals surface area contributed by atoms with Gasteiger partial charge in [-0.15, -0.1) is 11.3 Å². The molecule has 1 heterocycles. The van der Waals surface area contributed by atoms with Crippen LogP contribution in [0.2, 0.25) is 10.0 Å². The Morgan fingerprint density at radius 3 is 2.84 bits per heavy atom. The predicted octanol–water partition coefficient (Wildman–Crippen LogP) is 4.04. The van der Waals surface area contributed by atoms with E-state index in [0.717, 1.165) is 11.3 Å². The summed E-state index contributed by atoms with van der Waals surface area (Å²) in [6.07, 6.45) is 0. The second-order valence-electron chi connectivity index (χ2n) is 3.69. The third-order valence-electron chi connectivity index (χ3n) is 2.28. The van der Waals surface area contributed by atoms with Gasteiger partial charge in [0.2, 0.25) is 0 Å². The molecule has 7 heteroatoms. The van der Waals surface area contributed by atoms with Crippen molar-refractivity contribution >= 4 is 40.5 Å². The third kappa shape index (κ3) is 3.37. The Morgan fingerprint density at radius 1 is 1.47 bits per heavy atom. The van der Waals surface area contributed by atoms with Crippen LogP contribution in [0.15, 0.2) is 18.2 Å². The van der Waals surface area contributed by atoms with Crippen molar-refractivity contribution in [1.29, 1.82) is 0 Å². The number of halogens is 2. The highest BCUT2D eigenvalue weighted by Gasteiger charge is 2.14. The molecule has 0 spiro atoms. The number of nitrogens with zero attached hydrogens (tertiary/aromatic N) is 1. The molecule has 0 unspecified atom stereocenters. The summed E-state index contributed by atoms with van der Waals surface area (Å²) in [6, 6.07) is 4.89. The van der Waals surface area contributed by atoms with E-state index in [1.807, 2.05) is 0 Å². The molecule has 0 radical (unpaired) electrons. The minimum Gasteiger partial charge on any atom is -0.485 e. The minimum atomic E-state index is -0.984. The van der Waals surface area contributed by atoms with E-state index < -0.39 is 5.97 Å². The fraction of sp³-hybridized carbons (Fsp3) is 0.167. The summed E-state index contributed by atoms with van der Waals surface area (Å²) in [7, 11) is 0. The van der Waals surface area contributed by atoms with Crippen molar-refractivity contribution < 1.29 is 14.6 Å². The normalized spacial score (nSPS) is 10.5. The number of ether oxygens (including phenoxy) is 1. The number of aryl methyl sites for hydroxylation is 1. The highest BCUT2D eigenvalue weighted by atomic mass is 35.5. The molecule has 0 amide bonds. The van der Waals surface area contributed by atoms with E-state index >= 15 is 0 Å². The van der Waals surface area contributed by atoms with Gasteiger partial charge in [-0.3, -0.25) is 0 Å². The highest BCUT2D eigenvalue weighted by molar-refractivity contribution is 7.13. The monoisotopic (exact) mass is 317 g/mol. The van der Waals surface area contributed by atoms with Crippen LogP contribution in [0.3, 0.4) is 0 Å². The van der Waals surface area contributed by atoms with Gasteiger partial charge in [-0.2, -0.15) is 0 Å². The Bertz CT molecular complexity index is 627. The zero-order chi connectivity index (χ0) is 14.0. The van der Waals surface area contributed by atoms with Crippen LogP contribution < -0.4 is 4.74 Å². The Kier molecular flexibility index (Phi) is 4.29. The van der Waals surface area contributed by atoms with Gasteiger partial charge in [-0.25, -0.2) is 9.78 Å². The molecule has 19 heavy (non-hydrogen) atoms. The average molecular weight is 318 g/mol. The van der Waals surface area contributed by atoms with E-state index in [1.165, 1.54) is 0 Å². The smallest absolute Gasteiger partial charge is 0.347 e. The van der Waals surface area contributed by atoms with Crippen molar-refractivity contribution in [2.24, 2.45) is 0 Å². The molecule has 0 bridgehead atoms. The second kappa shape index (κ2) is 5.77. The van der Waals surface area contributed by atoms with Gasteiger partial charge >= 0.3 is 5.97 Å². The summed E-state index contributed by atoms with van der Waals surface area (Å²) >= 11 is 12.9. The van der Waals surface area contributed by atoms with Crippen molar-refractivity contribution in [1.82, 2.24) is 4.98 Å². The average Bonchev–Trinajstić information content (AvgIpc) is 2.72. The van der Waals surface area contributed by atoms with Gasteiger partial charge < -0.3 is 9.84 Å².